The average molecular weight is 137 g/mol. The van der Waals surface area contributed by atoms with E-state index in [-0.39, 0.29) is 5.84 Å². The summed E-state index contributed by atoms with van der Waals surface area (Å²) in [5.74, 6) is 0.264. The highest BCUT2D eigenvalue weighted by Gasteiger charge is 1.99. The highest BCUT2D eigenvalue weighted by Crippen LogP contribution is 1.93. The minimum atomic E-state index is 0.264. The van der Waals surface area contributed by atoms with Gasteiger partial charge in [-0.2, -0.15) is 0 Å². The van der Waals surface area contributed by atoms with E-state index in [2.05, 4.69) is 0 Å². The summed E-state index contributed by atoms with van der Waals surface area (Å²) in [6.07, 6.45) is 0. The topological polar surface area (TPSA) is 60.2 Å². The van der Waals surface area contributed by atoms with Gasteiger partial charge < -0.3 is 5.21 Å². The van der Waals surface area contributed by atoms with Gasteiger partial charge in [0.1, 0.15) is 0 Å². The summed E-state index contributed by atoms with van der Waals surface area (Å²) in [5.41, 5.74) is 6.13. The highest BCUT2D eigenvalue weighted by molar-refractivity contribution is 5.92. The van der Waals surface area contributed by atoms with Crippen molar-refractivity contribution in [1.82, 2.24) is 0 Å². The molecule has 0 aromatic heterocycles. The van der Waals surface area contributed by atoms with Crippen LogP contribution in [-0.2, 0) is 0 Å². The van der Waals surface area contributed by atoms with Crippen LogP contribution in [0.25, 0.3) is 0 Å². The molecule has 0 heterocycles. The lowest BCUT2D eigenvalue weighted by Gasteiger charge is -1.89. The van der Waals surface area contributed by atoms with Crippen LogP contribution in [0.15, 0.2) is 30.3 Å². The first-order valence-corrected chi connectivity index (χ1v) is 2.92. The lowest BCUT2D eigenvalue weighted by Crippen LogP contribution is -2.71. The maximum absolute atomic E-state index is 8.38. The lowest BCUT2D eigenvalue weighted by atomic mass is 10.2. The maximum atomic E-state index is 8.38. The molecule has 3 heteroatoms. The SMILES string of the molecule is NC(=[NH+]O)c1ccccc1. The maximum Gasteiger partial charge on any atom is 0.311 e. The van der Waals surface area contributed by atoms with E-state index in [0.29, 0.717) is 0 Å². The van der Waals surface area contributed by atoms with E-state index in [0.717, 1.165) is 5.56 Å². The molecule has 1 aromatic carbocycles. The van der Waals surface area contributed by atoms with Crippen molar-refractivity contribution < 1.29 is 10.4 Å². The number of nitrogen functional groups attached to an aromatic ring is 1. The van der Waals surface area contributed by atoms with E-state index in [1.54, 1.807) is 12.1 Å². The van der Waals surface area contributed by atoms with Crippen molar-refractivity contribution in [2.24, 2.45) is 5.73 Å². The van der Waals surface area contributed by atoms with Crippen molar-refractivity contribution in [2.75, 3.05) is 0 Å². The quantitative estimate of drug-likeness (QED) is 0.198. The van der Waals surface area contributed by atoms with E-state index in [9.17, 15) is 0 Å². The molecule has 0 atom stereocenters. The zero-order valence-corrected chi connectivity index (χ0v) is 5.41. The molecule has 0 bridgehead atoms. The smallest absolute Gasteiger partial charge is 0.311 e. The third-order valence-electron chi connectivity index (χ3n) is 1.21. The third kappa shape index (κ3) is 1.25. The van der Waals surface area contributed by atoms with Crippen LogP contribution in [-0.4, -0.2) is 11.0 Å². The Balaban J connectivity index is 2.96. The average Bonchev–Trinajstić information content (AvgIpc) is 2.05. The monoisotopic (exact) mass is 137 g/mol. The van der Waals surface area contributed by atoms with Crippen LogP contribution in [0.3, 0.4) is 0 Å². The van der Waals surface area contributed by atoms with Crippen molar-refractivity contribution >= 4 is 5.84 Å². The van der Waals surface area contributed by atoms with Gasteiger partial charge in [0.05, 0.1) is 5.56 Å². The Morgan fingerprint density at radius 1 is 1.30 bits per heavy atom. The summed E-state index contributed by atoms with van der Waals surface area (Å²) >= 11 is 0. The Bertz CT molecular complexity index is 231. The lowest BCUT2D eigenvalue weighted by molar-refractivity contribution is -0.737. The fourth-order valence-electron chi connectivity index (χ4n) is 0.682. The largest absolute Gasteiger partial charge is 0.357 e. The first-order chi connectivity index (χ1) is 4.84. The Labute approximate surface area is 58.8 Å². The molecule has 0 saturated heterocycles. The van der Waals surface area contributed by atoms with E-state index < -0.39 is 0 Å². The summed E-state index contributed by atoms with van der Waals surface area (Å²) in [4.78, 5) is 0. The summed E-state index contributed by atoms with van der Waals surface area (Å²) in [6, 6.07) is 9.18. The standard InChI is InChI=1S/C7H8N2O/c8-7(9-10)6-4-2-1-3-5-6/h1-5,10H,(H2,8,9)/p+1. The second-order valence-electron chi connectivity index (χ2n) is 1.89. The molecule has 1 rings (SSSR count). The minimum Gasteiger partial charge on any atom is -0.357 e. The second kappa shape index (κ2) is 2.87. The number of nitrogens with two attached hydrogens (primary N) is 1. The number of hydrogen-bond acceptors (Lipinski definition) is 1. The molecular weight excluding hydrogens is 128 g/mol. The normalized spacial score (nSPS) is 11.4. The predicted octanol–water partition coefficient (Wildman–Crippen LogP) is -1.14. The van der Waals surface area contributed by atoms with Crippen LogP contribution in [0.1, 0.15) is 5.56 Å². The molecule has 0 unspecified atom stereocenters. The number of rotatable bonds is 1. The summed E-state index contributed by atoms with van der Waals surface area (Å²) in [5, 5.41) is 10.3. The number of benzene rings is 1. The Morgan fingerprint density at radius 2 is 1.90 bits per heavy atom. The molecule has 10 heavy (non-hydrogen) atoms. The van der Waals surface area contributed by atoms with Crippen LogP contribution in [0.2, 0.25) is 0 Å². The summed E-state index contributed by atoms with van der Waals surface area (Å²) in [6.45, 7) is 0. The van der Waals surface area contributed by atoms with E-state index >= 15 is 0 Å². The van der Waals surface area contributed by atoms with Crippen LogP contribution in [0.5, 0.6) is 0 Å². The van der Waals surface area contributed by atoms with Crippen molar-refractivity contribution in [2.45, 2.75) is 0 Å². The van der Waals surface area contributed by atoms with Crippen molar-refractivity contribution in [3.05, 3.63) is 35.9 Å². The molecule has 3 nitrogen and oxygen atoms in total. The fraction of sp³-hybridized carbons (Fsp3) is 0. The molecule has 0 radical (unpaired) electrons. The van der Waals surface area contributed by atoms with Gasteiger partial charge in [-0.15, -0.1) is 0 Å². The zero-order chi connectivity index (χ0) is 7.40. The van der Waals surface area contributed by atoms with Crippen LogP contribution >= 0.6 is 0 Å². The van der Waals surface area contributed by atoms with Crippen LogP contribution in [0, 0.1) is 0 Å². The minimum absolute atomic E-state index is 0.264. The predicted molar refractivity (Wildman–Crippen MR) is 37.5 cm³/mol. The molecule has 0 aliphatic heterocycles. The van der Waals surface area contributed by atoms with Crippen molar-refractivity contribution in [1.29, 1.82) is 0 Å². The highest BCUT2D eigenvalue weighted by atomic mass is 16.4. The van der Waals surface area contributed by atoms with E-state index in [4.69, 9.17) is 10.9 Å². The molecule has 0 saturated carbocycles. The number of hydrogen-bond donors (Lipinski definition) is 3. The Hall–Kier alpha value is -1.51. The van der Waals surface area contributed by atoms with Gasteiger partial charge in [-0.1, -0.05) is 23.4 Å². The third-order valence-corrected chi connectivity index (χ3v) is 1.21. The molecule has 0 aliphatic carbocycles. The van der Waals surface area contributed by atoms with Crippen molar-refractivity contribution in [3.63, 3.8) is 0 Å². The molecule has 4 N–H and O–H groups in total. The molecule has 0 amide bonds. The zero-order valence-electron chi connectivity index (χ0n) is 5.41. The van der Waals surface area contributed by atoms with Gasteiger partial charge in [0.25, 0.3) is 0 Å². The Morgan fingerprint density at radius 3 is 2.40 bits per heavy atom. The molecule has 0 spiro atoms. The second-order valence-corrected chi connectivity index (χ2v) is 1.89. The molecular formula is C7H9N2O+. The first-order valence-electron chi connectivity index (χ1n) is 2.92. The van der Waals surface area contributed by atoms with Gasteiger partial charge in [-0.05, 0) is 12.1 Å². The van der Waals surface area contributed by atoms with Gasteiger partial charge in [0, 0.05) is 0 Å². The fourth-order valence-corrected chi connectivity index (χ4v) is 0.682. The Kier molecular flexibility index (Phi) is 1.89. The molecule has 1 aromatic rings. The summed E-state index contributed by atoms with van der Waals surface area (Å²) < 4.78 is 0. The van der Waals surface area contributed by atoms with Crippen LogP contribution in [0.4, 0.5) is 0 Å². The van der Waals surface area contributed by atoms with Crippen molar-refractivity contribution in [3.8, 4) is 0 Å². The molecule has 0 fully saturated rings. The van der Waals surface area contributed by atoms with Gasteiger partial charge in [-0.3, -0.25) is 5.73 Å². The van der Waals surface area contributed by atoms with Gasteiger partial charge in [0.2, 0.25) is 0 Å². The number of amidine groups is 1. The van der Waals surface area contributed by atoms with E-state index in [1.165, 1.54) is 0 Å². The van der Waals surface area contributed by atoms with Gasteiger partial charge >= 0.3 is 5.84 Å². The number of nitrogens with one attached hydrogen (secondary N) is 1. The summed E-state index contributed by atoms with van der Waals surface area (Å²) in [7, 11) is 0. The first kappa shape index (κ1) is 6.61. The van der Waals surface area contributed by atoms with Gasteiger partial charge in [0.15, 0.2) is 0 Å². The van der Waals surface area contributed by atoms with Crippen LogP contribution < -0.4 is 10.9 Å². The van der Waals surface area contributed by atoms with Gasteiger partial charge in [-0.25, -0.2) is 0 Å². The molecule has 52 valence electrons. The molecule has 0 aliphatic rings. The van der Waals surface area contributed by atoms with E-state index in [1.807, 2.05) is 23.4 Å².